The van der Waals surface area contributed by atoms with Crippen LogP contribution in [0.15, 0.2) is 16.7 Å². The molecule has 0 aliphatic carbocycles. The summed E-state index contributed by atoms with van der Waals surface area (Å²) in [5.41, 5.74) is -1.04. The van der Waals surface area contributed by atoms with E-state index in [1.165, 1.54) is 6.92 Å². The van der Waals surface area contributed by atoms with Gasteiger partial charge in [-0.25, -0.2) is 9.18 Å². The molecular formula is C12H8BrF2NO4. The van der Waals surface area contributed by atoms with Gasteiger partial charge in [-0.15, -0.1) is 0 Å². The topological polar surface area (TPSA) is 73.5 Å². The van der Waals surface area contributed by atoms with E-state index in [0.29, 0.717) is 6.20 Å². The molecule has 1 heterocycles. The predicted molar refractivity (Wildman–Crippen MR) is 68.1 cm³/mol. The van der Waals surface area contributed by atoms with Crippen molar-refractivity contribution < 1.29 is 28.1 Å². The molecule has 0 bridgehead atoms. The van der Waals surface area contributed by atoms with Gasteiger partial charge in [0.05, 0.1) is 16.5 Å². The molecule has 0 saturated heterocycles. The lowest BCUT2D eigenvalue weighted by Gasteiger charge is -2.09. The minimum Gasteiger partial charge on any atom is -0.618 e. The van der Waals surface area contributed by atoms with Gasteiger partial charge in [-0.05, 0) is 28.9 Å². The normalized spacial score (nSPS) is 10.8. The number of carbonyl (C=O) groups is 1. The van der Waals surface area contributed by atoms with E-state index < -0.39 is 44.3 Å². The van der Waals surface area contributed by atoms with Crippen LogP contribution in [-0.4, -0.2) is 17.7 Å². The number of carbonyl (C=O) groups excluding carboxylic acids is 1. The maximum absolute atomic E-state index is 13.8. The molecule has 1 aromatic carbocycles. The second-order valence-corrected chi connectivity index (χ2v) is 4.61. The third-order valence-electron chi connectivity index (χ3n) is 2.61. The molecule has 1 N–H and O–H groups in total. The fraction of sp³-hybridized carbons (Fsp3) is 0.167. The number of aromatic hydroxyl groups is 1. The molecule has 2 aromatic rings. The lowest BCUT2D eigenvalue weighted by Crippen LogP contribution is -2.30. The lowest BCUT2D eigenvalue weighted by molar-refractivity contribution is -0.578. The molecule has 0 radical (unpaired) electrons. The molecule has 8 heteroatoms. The lowest BCUT2D eigenvalue weighted by atomic mass is 10.1. The zero-order chi connectivity index (χ0) is 15.0. The second-order valence-electron chi connectivity index (χ2n) is 3.82. The molecule has 20 heavy (non-hydrogen) atoms. The molecule has 0 aliphatic rings. The summed E-state index contributed by atoms with van der Waals surface area (Å²) in [6.07, 6.45) is 0.684. The Hall–Kier alpha value is -1.96. The van der Waals surface area contributed by atoms with Gasteiger partial charge < -0.3 is 15.1 Å². The van der Waals surface area contributed by atoms with Gasteiger partial charge in [0.25, 0.3) is 5.52 Å². The standard InChI is InChI=1S/C12H8BrF2NO4/c1-2-20-12(18)6-4-16(19)10-5(11(6)17)3-7(14)8(13)9(10)15/h3-4,17H,2H2,1H3. The Morgan fingerprint density at radius 2 is 2.20 bits per heavy atom. The minimum absolute atomic E-state index is 0.0260. The Morgan fingerprint density at radius 3 is 2.80 bits per heavy atom. The summed E-state index contributed by atoms with van der Waals surface area (Å²) in [5, 5.41) is 21.3. The molecule has 0 fully saturated rings. The van der Waals surface area contributed by atoms with Crippen molar-refractivity contribution in [1.29, 1.82) is 0 Å². The highest BCUT2D eigenvalue weighted by Crippen LogP contribution is 2.32. The Morgan fingerprint density at radius 1 is 1.55 bits per heavy atom. The van der Waals surface area contributed by atoms with Gasteiger partial charge in [0.1, 0.15) is 11.6 Å². The number of ether oxygens (including phenoxy) is 1. The van der Waals surface area contributed by atoms with E-state index in [4.69, 9.17) is 0 Å². The van der Waals surface area contributed by atoms with Crippen LogP contribution in [0, 0.1) is 16.8 Å². The quantitative estimate of drug-likeness (QED) is 0.392. The maximum Gasteiger partial charge on any atom is 0.348 e. The van der Waals surface area contributed by atoms with Crippen LogP contribution in [0.2, 0.25) is 0 Å². The van der Waals surface area contributed by atoms with Crippen molar-refractivity contribution in [2.75, 3.05) is 6.61 Å². The minimum atomic E-state index is -1.17. The molecule has 5 nitrogen and oxygen atoms in total. The summed E-state index contributed by atoms with van der Waals surface area (Å²) >= 11 is 2.66. The summed E-state index contributed by atoms with van der Waals surface area (Å²) in [6.45, 7) is 1.57. The summed E-state index contributed by atoms with van der Waals surface area (Å²) < 4.78 is 31.5. The highest BCUT2D eigenvalue weighted by atomic mass is 79.9. The molecule has 0 unspecified atom stereocenters. The van der Waals surface area contributed by atoms with Gasteiger partial charge >= 0.3 is 5.97 Å². The molecule has 0 aliphatic heterocycles. The summed E-state index contributed by atoms with van der Waals surface area (Å²) in [4.78, 5) is 11.6. The first-order valence-electron chi connectivity index (χ1n) is 5.47. The molecule has 0 amide bonds. The third-order valence-corrected chi connectivity index (χ3v) is 3.34. The third kappa shape index (κ3) is 2.15. The van der Waals surface area contributed by atoms with E-state index in [2.05, 4.69) is 20.7 Å². The van der Waals surface area contributed by atoms with E-state index in [1.54, 1.807) is 0 Å². The van der Waals surface area contributed by atoms with Crippen molar-refractivity contribution in [2.45, 2.75) is 6.92 Å². The van der Waals surface area contributed by atoms with Crippen LogP contribution in [0.5, 0.6) is 5.75 Å². The number of halogens is 3. The van der Waals surface area contributed by atoms with Gasteiger partial charge in [-0.1, -0.05) is 0 Å². The molecule has 0 atom stereocenters. The monoisotopic (exact) mass is 347 g/mol. The molecule has 0 saturated carbocycles. The van der Waals surface area contributed by atoms with Crippen LogP contribution < -0.4 is 4.73 Å². The van der Waals surface area contributed by atoms with Crippen LogP contribution in [0.1, 0.15) is 17.3 Å². The van der Waals surface area contributed by atoms with Crippen LogP contribution >= 0.6 is 15.9 Å². The fourth-order valence-electron chi connectivity index (χ4n) is 1.73. The number of hydrogen-bond acceptors (Lipinski definition) is 4. The first-order chi connectivity index (χ1) is 9.38. The van der Waals surface area contributed by atoms with Gasteiger partial charge in [-0.2, -0.15) is 9.12 Å². The summed E-state index contributed by atoms with van der Waals surface area (Å²) in [7, 11) is 0. The molecule has 0 spiro atoms. The summed E-state index contributed by atoms with van der Waals surface area (Å²) in [5.74, 6) is -3.84. The number of pyridine rings is 1. The van der Waals surface area contributed by atoms with Gasteiger partial charge in [-0.3, -0.25) is 0 Å². The summed E-state index contributed by atoms with van der Waals surface area (Å²) in [6, 6.07) is 0.759. The van der Waals surface area contributed by atoms with Gasteiger partial charge in [0.15, 0.2) is 11.8 Å². The fourth-order valence-corrected chi connectivity index (χ4v) is 2.03. The Bertz CT molecular complexity index is 721. The van der Waals surface area contributed by atoms with Gasteiger partial charge in [0.2, 0.25) is 5.82 Å². The van der Waals surface area contributed by atoms with E-state index in [0.717, 1.165) is 6.07 Å². The Kier molecular flexibility index (Phi) is 3.76. The van der Waals surface area contributed by atoms with Crippen LogP contribution in [-0.2, 0) is 4.74 Å². The van der Waals surface area contributed by atoms with Crippen molar-refractivity contribution in [2.24, 2.45) is 0 Å². The van der Waals surface area contributed by atoms with Crippen molar-refractivity contribution in [3.63, 3.8) is 0 Å². The Labute approximate surface area is 120 Å². The van der Waals surface area contributed by atoms with Crippen molar-refractivity contribution in [3.05, 3.63) is 39.1 Å². The maximum atomic E-state index is 13.8. The van der Waals surface area contributed by atoms with Crippen molar-refractivity contribution >= 4 is 32.8 Å². The van der Waals surface area contributed by atoms with Crippen LogP contribution in [0.4, 0.5) is 8.78 Å². The Balaban J connectivity index is 2.83. The van der Waals surface area contributed by atoms with E-state index in [1.807, 2.05) is 0 Å². The number of hydrogen-bond donors (Lipinski definition) is 1. The largest absolute Gasteiger partial charge is 0.618 e. The number of nitrogens with zero attached hydrogens (tertiary/aromatic N) is 1. The SMILES string of the molecule is CCOC(=O)c1c[n+]([O-])c2c(F)c(Br)c(F)cc2c1O. The number of aromatic nitrogens is 1. The van der Waals surface area contributed by atoms with Crippen LogP contribution in [0.25, 0.3) is 10.9 Å². The highest BCUT2D eigenvalue weighted by molar-refractivity contribution is 9.10. The van der Waals surface area contributed by atoms with E-state index >= 15 is 0 Å². The zero-order valence-corrected chi connectivity index (χ0v) is 11.7. The highest BCUT2D eigenvalue weighted by Gasteiger charge is 2.26. The predicted octanol–water partition coefficient (Wildman–Crippen LogP) is 2.40. The van der Waals surface area contributed by atoms with E-state index in [9.17, 15) is 23.9 Å². The smallest absolute Gasteiger partial charge is 0.348 e. The average molecular weight is 348 g/mol. The average Bonchev–Trinajstić information content (AvgIpc) is 2.40. The zero-order valence-electron chi connectivity index (χ0n) is 10.1. The molecule has 1 aromatic heterocycles. The molecular weight excluding hydrogens is 340 g/mol. The van der Waals surface area contributed by atoms with Crippen molar-refractivity contribution in [1.82, 2.24) is 0 Å². The van der Waals surface area contributed by atoms with Gasteiger partial charge in [0, 0.05) is 0 Å². The number of fused-ring (bicyclic) bond motifs is 1. The number of esters is 1. The first-order valence-corrected chi connectivity index (χ1v) is 6.27. The number of benzene rings is 1. The number of rotatable bonds is 2. The van der Waals surface area contributed by atoms with Crippen LogP contribution in [0.3, 0.4) is 0 Å². The first kappa shape index (κ1) is 14.4. The van der Waals surface area contributed by atoms with E-state index in [-0.39, 0.29) is 11.3 Å². The molecule has 106 valence electrons. The van der Waals surface area contributed by atoms with Crippen molar-refractivity contribution in [3.8, 4) is 5.75 Å². The second kappa shape index (κ2) is 5.20. The molecule has 2 rings (SSSR count).